The molecule has 3 aromatic carbocycles. The highest BCUT2D eigenvalue weighted by Crippen LogP contribution is 2.43. The van der Waals surface area contributed by atoms with Gasteiger partial charge in [0.15, 0.2) is 0 Å². The molecule has 0 unspecified atom stereocenters. The molecule has 0 fully saturated rings. The molecule has 0 saturated heterocycles. The van der Waals surface area contributed by atoms with Crippen LogP contribution >= 0.6 is 0 Å². The first-order chi connectivity index (χ1) is 17.3. The van der Waals surface area contributed by atoms with Crippen molar-refractivity contribution in [2.24, 2.45) is 0 Å². The third-order valence-electron chi connectivity index (χ3n) is 5.22. The molecule has 1 heteroatoms. The van der Waals surface area contributed by atoms with Crippen LogP contribution in [0.15, 0.2) is 92.5 Å². The van der Waals surface area contributed by atoms with Gasteiger partial charge in [-0.05, 0) is 40.7 Å². The van der Waals surface area contributed by atoms with Crippen molar-refractivity contribution < 1.29 is 4.74 Å². The molecule has 0 atom stereocenters. The zero-order chi connectivity index (χ0) is 28.3. The van der Waals surface area contributed by atoms with Crippen LogP contribution in [-0.4, -0.2) is 7.11 Å². The van der Waals surface area contributed by atoms with Gasteiger partial charge in [-0.25, -0.2) is 0 Å². The van der Waals surface area contributed by atoms with Gasteiger partial charge >= 0.3 is 0 Å². The van der Waals surface area contributed by atoms with Gasteiger partial charge in [0, 0.05) is 17.0 Å². The Hall–Kier alpha value is -3.06. The Kier molecular flexibility index (Phi) is 18.7. The average Bonchev–Trinajstić information content (AvgIpc) is 2.93. The monoisotopic (exact) mass is 488 g/mol. The maximum Gasteiger partial charge on any atom is 0.130 e. The Morgan fingerprint density at radius 2 is 1.11 bits per heavy atom. The summed E-state index contributed by atoms with van der Waals surface area (Å²) in [5.74, 6) is 1.01. The summed E-state index contributed by atoms with van der Waals surface area (Å²) in [6.07, 6.45) is 0. The zero-order valence-corrected chi connectivity index (χ0v) is 25.0. The smallest absolute Gasteiger partial charge is 0.130 e. The van der Waals surface area contributed by atoms with Crippen LogP contribution in [0.2, 0.25) is 0 Å². The average molecular weight is 489 g/mol. The Labute approximate surface area is 224 Å². The van der Waals surface area contributed by atoms with Gasteiger partial charge in [0.1, 0.15) is 5.75 Å². The number of ether oxygens (including phenoxy) is 1. The standard InChI is InChI=1S/C27H30O.3C2H6.C2H4/c1-19(2)23-17-22(27(3,4)5)18-24(26(23)28-6)25(20-13-9-7-10-14-20)21-15-11-8-12-16-21;4*1-2/h7-18,25H,1H2,2-6H3;3*1-2H3;1-2H2. The number of hydrogen-bond acceptors (Lipinski definition) is 1. The van der Waals surface area contributed by atoms with Crippen LogP contribution in [0.3, 0.4) is 0 Å². The summed E-state index contributed by atoms with van der Waals surface area (Å²) in [5.41, 5.74) is 7.12. The molecule has 0 heterocycles. The molecule has 3 rings (SSSR count). The van der Waals surface area contributed by atoms with Crippen LogP contribution in [0.25, 0.3) is 5.57 Å². The van der Waals surface area contributed by atoms with Gasteiger partial charge in [-0.3, -0.25) is 0 Å². The van der Waals surface area contributed by atoms with Crippen LogP contribution < -0.4 is 4.74 Å². The molecule has 198 valence electrons. The molecule has 0 saturated carbocycles. The van der Waals surface area contributed by atoms with Crippen molar-refractivity contribution in [2.45, 2.75) is 80.6 Å². The lowest BCUT2D eigenvalue weighted by molar-refractivity contribution is 0.407. The second-order valence-electron chi connectivity index (χ2n) is 8.43. The lowest BCUT2D eigenvalue weighted by Crippen LogP contribution is -2.15. The van der Waals surface area contributed by atoms with Gasteiger partial charge in [-0.15, -0.1) is 13.2 Å². The molecular formula is C35H52O. The van der Waals surface area contributed by atoms with Gasteiger partial charge < -0.3 is 4.74 Å². The van der Waals surface area contributed by atoms with E-state index in [0.717, 1.165) is 16.9 Å². The Morgan fingerprint density at radius 3 is 1.42 bits per heavy atom. The molecule has 0 bridgehead atoms. The molecular weight excluding hydrogens is 436 g/mol. The van der Waals surface area contributed by atoms with Crippen molar-refractivity contribution in [3.05, 3.63) is 120 Å². The quantitative estimate of drug-likeness (QED) is 0.256. The van der Waals surface area contributed by atoms with E-state index in [9.17, 15) is 0 Å². The van der Waals surface area contributed by atoms with Gasteiger partial charge in [0.2, 0.25) is 0 Å². The summed E-state index contributed by atoms with van der Waals surface area (Å²) < 4.78 is 5.97. The van der Waals surface area contributed by atoms with Crippen LogP contribution in [0.1, 0.15) is 103 Å². The number of methoxy groups -OCH3 is 1. The summed E-state index contributed by atoms with van der Waals surface area (Å²) in [6.45, 7) is 31.0. The molecule has 3 aromatic rings. The number of rotatable bonds is 5. The first-order valence-electron chi connectivity index (χ1n) is 13.3. The van der Waals surface area contributed by atoms with E-state index >= 15 is 0 Å². The summed E-state index contributed by atoms with van der Waals surface area (Å²) in [7, 11) is 1.76. The molecule has 0 aliphatic rings. The second kappa shape index (κ2) is 19.2. The summed E-state index contributed by atoms with van der Waals surface area (Å²) >= 11 is 0. The van der Waals surface area contributed by atoms with E-state index in [1.54, 1.807) is 7.11 Å². The van der Waals surface area contributed by atoms with Crippen LogP contribution in [0.4, 0.5) is 0 Å². The van der Waals surface area contributed by atoms with Crippen molar-refractivity contribution in [1.29, 1.82) is 0 Å². The summed E-state index contributed by atoms with van der Waals surface area (Å²) in [5, 5.41) is 0. The van der Waals surface area contributed by atoms with Crippen molar-refractivity contribution in [2.75, 3.05) is 7.11 Å². The number of benzene rings is 3. The third-order valence-corrected chi connectivity index (χ3v) is 5.22. The Bertz CT molecular complexity index is 923. The maximum atomic E-state index is 5.97. The topological polar surface area (TPSA) is 9.23 Å². The minimum absolute atomic E-state index is 0.0309. The molecule has 0 radical (unpaired) electrons. The van der Waals surface area contributed by atoms with E-state index < -0.39 is 0 Å². The molecule has 0 aliphatic carbocycles. The molecule has 0 aliphatic heterocycles. The Balaban J connectivity index is 0. The van der Waals surface area contributed by atoms with Crippen LogP contribution in [0, 0.1) is 0 Å². The largest absolute Gasteiger partial charge is 0.496 e. The maximum absolute atomic E-state index is 5.97. The highest BCUT2D eigenvalue weighted by Gasteiger charge is 2.26. The summed E-state index contributed by atoms with van der Waals surface area (Å²) in [6, 6.07) is 25.9. The van der Waals surface area contributed by atoms with Gasteiger partial charge in [0.05, 0.1) is 7.11 Å². The van der Waals surface area contributed by atoms with Crippen molar-refractivity contribution in [3.63, 3.8) is 0 Å². The van der Waals surface area contributed by atoms with Gasteiger partial charge in [0.25, 0.3) is 0 Å². The van der Waals surface area contributed by atoms with E-state index in [1.165, 1.54) is 22.3 Å². The van der Waals surface area contributed by atoms with Gasteiger partial charge in [-0.2, -0.15) is 0 Å². The fourth-order valence-corrected chi connectivity index (χ4v) is 3.69. The fourth-order valence-electron chi connectivity index (χ4n) is 3.69. The molecule has 1 nitrogen and oxygen atoms in total. The highest BCUT2D eigenvalue weighted by atomic mass is 16.5. The van der Waals surface area contributed by atoms with E-state index in [-0.39, 0.29) is 11.3 Å². The van der Waals surface area contributed by atoms with Crippen LogP contribution in [0.5, 0.6) is 5.75 Å². The normalized spacial score (nSPS) is 9.56. The fraction of sp³-hybridized carbons (Fsp3) is 0.371. The van der Waals surface area contributed by atoms with Crippen molar-refractivity contribution in [1.82, 2.24) is 0 Å². The van der Waals surface area contributed by atoms with E-state index in [4.69, 9.17) is 4.74 Å². The lowest BCUT2D eigenvalue weighted by Gasteiger charge is -2.28. The van der Waals surface area contributed by atoms with E-state index in [2.05, 4.69) is 113 Å². The third kappa shape index (κ3) is 9.90. The van der Waals surface area contributed by atoms with E-state index in [1.807, 2.05) is 48.5 Å². The number of allylic oxidation sites excluding steroid dienone is 1. The predicted octanol–water partition coefficient (Wildman–Crippen LogP) is 11.1. The highest BCUT2D eigenvalue weighted by molar-refractivity contribution is 5.71. The molecule has 0 spiro atoms. The van der Waals surface area contributed by atoms with Crippen LogP contribution in [-0.2, 0) is 5.41 Å². The first kappa shape index (κ1) is 35.1. The zero-order valence-electron chi connectivity index (χ0n) is 25.0. The van der Waals surface area contributed by atoms with Gasteiger partial charge in [-0.1, -0.05) is 136 Å². The summed E-state index contributed by atoms with van der Waals surface area (Å²) in [4.78, 5) is 0. The Morgan fingerprint density at radius 1 is 0.722 bits per heavy atom. The second-order valence-corrected chi connectivity index (χ2v) is 8.43. The molecule has 0 amide bonds. The first-order valence-corrected chi connectivity index (χ1v) is 13.3. The molecule has 0 N–H and O–H groups in total. The molecule has 36 heavy (non-hydrogen) atoms. The van der Waals surface area contributed by atoms with Crippen molar-refractivity contribution in [3.8, 4) is 5.75 Å². The minimum Gasteiger partial charge on any atom is -0.496 e. The molecule has 0 aromatic heterocycles. The lowest BCUT2D eigenvalue weighted by atomic mass is 9.78. The van der Waals surface area contributed by atoms with Crippen molar-refractivity contribution >= 4 is 5.57 Å². The predicted molar refractivity (Wildman–Crippen MR) is 166 cm³/mol. The minimum atomic E-state index is 0.0309. The number of hydrogen-bond donors (Lipinski definition) is 0. The van der Waals surface area contributed by atoms with E-state index in [0.29, 0.717) is 0 Å². The SMILES string of the molecule is C=C.C=C(C)c1cc(C(C)(C)C)cc(C(c2ccccc2)c2ccccc2)c1OC.CC.CC.CC.